The van der Waals surface area contributed by atoms with Crippen LogP contribution in [0.4, 0.5) is 0 Å². The molecule has 0 N–H and O–H groups in total. The van der Waals surface area contributed by atoms with Crippen LogP contribution in [0.5, 0.6) is 0 Å². The molecule has 1 fully saturated rings. The molecule has 0 amide bonds. The fraction of sp³-hybridized carbons (Fsp3) is 0.471. The molecule has 1 aromatic carbocycles. The molecule has 1 aliphatic heterocycles. The summed E-state index contributed by atoms with van der Waals surface area (Å²) in [7, 11) is 0. The monoisotopic (exact) mass is 254 g/mol. The maximum atomic E-state index is 11.7. The fourth-order valence-corrected chi connectivity index (χ4v) is 4.41. The lowest BCUT2D eigenvalue weighted by Crippen LogP contribution is -2.43. The molecule has 3 aliphatic rings. The Hall–Kier alpha value is -1.57. The summed E-state index contributed by atoms with van der Waals surface area (Å²) in [6.45, 7) is 2.96. The number of hydrogen-bond acceptors (Lipinski definition) is 2. The van der Waals surface area contributed by atoms with Gasteiger partial charge in [0.1, 0.15) is 0 Å². The van der Waals surface area contributed by atoms with Gasteiger partial charge in [-0.25, -0.2) is 4.79 Å². The molecule has 2 aliphatic carbocycles. The second-order valence-corrected chi connectivity index (χ2v) is 6.29. The lowest BCUT2D eigenvalue weighted by atomic mass is 9.55. The van der Waals surface area contributed by atoms with Crippen LogP contribution in [-0.2, 0) is 21.4 Å². The molecule has 0 unspecified atom stereocenters. The zero-order valence-electron chi connectivity index (χ0n) is 11.2. The Morgan fingerprint density at radius 1 is 1.32 bits per heavy atom. The molecule has 1 aromatic rings. The van der Waals surface area contributed by atoms with Gasteiger partial charge in [-0.3, -0.25) is 0 Å². The van der Waals surface area contributed by atoms with Gasteiger partial charge in [0.2, 0.25) is 0 Å². The topological polar surface area (TPSA) is 26.3 Å². The average molecular weight is 254 g/mol. The highest BCUT2D eigenvalue weighted by molar-refractivity contribution is 5.91. The number of esters is 1. The Kier molecular flexibility index (Phi) is 2.21. The van der Waals surface area contributed by atoms with E-state index in [4.69, 9.17) is 4.74 Å². The maximum absolute atomic E-state index is 11.7. The molecule has 2 heteroatoms. The Morgan fingerprint density at radius 2 is 2.16 bits per heavy atom. The third-order valence-corrected chi connectivity index (χ3v) is 5.44. The predicted molar refractivity (Wildman–Crippen MR) is 72.8 cm³/mol. The van der Waals surface area contributed by atoms with E-state index in [0.29, 0.717) is 18.4 Å². The molecule has 0 aromatic heterocycles. The molecule has 2 nitrogen and oxygen atoms in total. The minimum Gasteiger partial charge on any atom is -0.462 e. The largest absolute Gasteiger partial charge is 0.462 e. The normalized spacial score (nSPS) is 35.8. The van der Waals surface area contributed by atoms with Crippen molar-refractivity contribution < 1.29 is 9.53 Å². The molecular formula is C17H18O2. The van der Waals surface area contributed by atoms with E-state index in [2.05, 4.69) is 37.3 Å². The first-order chi connectivity index (χ1) is 9.20. The van der Waals surface area contributed by atoms with Crippen molar-refractivity contribution >= 4 is 5.97 Å². The molecule has 0 bridgehead atoms. The third kappa shape index (κ3) is 1.40. The molecule has 1 heterocycles. The Morgan fingerprint density at radius 3 is 3.05 bits per heavy atom. The summed E-state index contributed by atoms with van der Waals surface area (Å²) in [5.74, 6) is 0.791. The number of aryl methyl sites for hydroxylation is 1. The van der Waals surface area contributed by atoms with Gasteiger partial charge in [0.15, 0.2) is 0 Å². The lowest BCUT2D eigenvalue weighted by Gasteiger charge is -2.47. The van der Waals surface area contributed by atoms with Gasteiger partial charge in [-0.1, -0.05) is 37.3 Å². The Balaban J connectivity index is 1.85. The number of carbonyl (C=O) groups is 1. The number of allylic oxidation sites excluding steroid dienone is 1. The predicted octanol–water partition coefficient (Wildman–Crippen LogP) is 3.01. The van der Waals surface area contributed by atoms with Gasteiger partial charge in [0.05, 0.1) is 6.61 Å². The highest BCUT2D eigenvalue weighted by Gasteiger charge is 2.50. The molecule has 4 rings (SSSR count). The first-order valence-electron chi connectivity index (χ1n) is 7.16. The van der Waals surface area contributed by atoms with Crippen LogP contribution in [0.3, 0.4) is 0 Å². The van der Waals surface area contributed by atoms with Crippen molar-refractivity contribution in [1.29, 1.82) is 0 Å². The molecule has 0 spiro atoms. The van der Waals surface area contributed by atoms with Crippen LogP contribution in [0.2, 0.25) is 0 Å². The number of hydrogen-bond donors (Lipinski definition) is 0. The summed E-state index contributed by atoms with van der Waals surface area (Å²) >= 11 is 0. The first-order valence-corrected chi connectivity index (χ1v) is 7.16. The summed E-state index contributed by atoms with van der Waals surface area (Å²) in [6, 6.07) is 8.81. The average Bonchev–Trinajstić information content (AvgIpc) is 2.80. The quantitative estimate of drug-likeness (QED) is 0.665. The molecule has 0 radical (unpaired) electrons. The minimum atomic E-state index is -0.0779. The van der Waals surface area contributed by atoms with Crippen molar-refractivity contribution in [1.82, 2.24) is 0 Å². The fourth-order valence-electron chi connectivity index (χ4n) is 4.41. The molecular weight excluding hydrogens is 236 g/mol. The number of fused-ring (bicyclic) bond motifs is 5. The second kappa shape index (κ2) is 3.72. The SMILES string of the molecule is C[C@]12CC=C3C(=O)OC[C@@H]3[C@@H]1CCc1ccccc12. The Bertz CT molecular complexity index is 587. The summed E-state index contributed by atoms with van der Waals surface area (Å²) in [4.78, 5) is 11.7. The smallest absolute Gasteiger partial charge is 0.334 e. The molecule has 3 atom stereocenters. The molecule has 1 saturated heterocycles. The van der Waals surface area contributed by atoms with Gasteiger partial charge in [0.25, 0.3) is 0 Å². The van der Waals surface area contributed by atoms with Crippen LogP contribution in [-0.4, -0.2) is 12.6 Å². The van der Waals surface area contributed by atoms with E-state index in [1.165, 1.54) is 17.5 Å². The highest BCUT2D eigenvalue weighted by atomic mass is 16.5. The zero-order chi connectivity index (χ0) is 13.0. The summed E-state index contributed by atoms with van der Waals surface area (Å²) in [5.41, 5.74) is 4.10. The van der Waals surface area contributed by atoms with E-state index in [9.17, 15) is 4.79 Å². The van der Waals surface area contributed by atoms with E-state index in [1.807, 2.05) is 0 Å². The highest BCUT2D eigenvalue weighted by Crippen LogP contribution is 2.53. The summed E-state index contributed by atoms with van der Waals surface area (Å²) < 4.78 is 5.27. The van der Waals surface area contributed by atoms with Gasteiger partial charge < -0.3 is 4.74 Å². The van der Waals surface area contributed by atoms with Crippen molar-refractivity contribution in [3.63, 3.8) is 0 Å². The minimum absolute atomic E-state index is 0.0779. The van der Waals surface area contributed by atoms with Crippen molar-refractivity contribution in [3.8, 4) is 0 Å². The van der Waals surface area contributed by atoms with Crippen LogP contribution in [0.15, 0.2) is 35.9 Å². The van der Waals surface area contributed by atoms with Gasteiger partial charge in [-0.15, -0.1) is 0 Å². The van der Waals surface area contributed by atoms with Crippen LogP contribution < -0.4 is 0 Å². The van der Waals surface area contributed by atoms with Crippen molar-refractivity contribution in [3.05, 3.63) is 47.0 Å². The van der Waals surface area contributed by atoms with Gasteiger partial charge in [0, 0.05) is 11.5 Å². The number of rotatable bonds is 0. The van der Waals surface area contributed by atoms with E-state index in [0.717, 1.165) is 18.4 Å². The van der Waals surface area contributed by atoms with Crippen molar-refractivity contribution in [2.24, 2.45) is 11.8 Å². The van der Waals surface area contributed by atoms with Gasteiger partial charge in [-0.2, -0.15) is 0 Å². The molecule has 0 saturated carbocycles. The lowest BCUT2D eigenvalue weighted by molar-refractivity contribution is -0.135. The van der Waals surface area contributed by atoms with E-state index >= 15 is 0 Å². The van der Waals surface area contributed by atoms with Gasteiger partial charge >= 0.3 is 5.97 Å². The van der Waals surface area contributed by atoms with Crippen LogP contribution in [0, 0.1) is 11.8 Å². The Labute approximate surface area is 113 Å². The third-order valence-electron chi connectivity index (χ3n) is 5.44. The zero-order valence-corrected chi connectivity index (χ0v) is 11.2. The van der Waals surface area contributed by atoms with Crippen LogP contribution in [0.25, 0.3) is 0 Å². The van der Waals surface area contributed by atoms with Gasteiger partial charge in [-0.05, 0) is 41.7 Å². The van der Waals surface area contributed by atoms with Crippen molar-refractivity contribution in [2.75, 3.05) is 6.61 Å². The first kappa shape index (κ1) is 11.3. The maximum Gasteiger partial charge on any atom is 0.334 e. The molecule has 19 heavy (non-hydrogen) atoms. The number of benzene rings is 1. The number of carbonyl (C=O) groups excluding carboxylic acids is 1. The van der Waals surface area contributed by atoms with Crippen LogP contribution in [0.1, 0.15) is 30.9 Å². The van der Waals surface area contributed by atoms with E-state index in [-0.39, 0.29) is 11.4 Å². The standard InChI is InChI=1S/C17H18O2/c1-17-9-8-12-13(10-19-16(12)18)15(17)7-6-11-4-2-3-5-14(11)17/h2-5,8,13,15H,6-7,9-10H2,1H3/t13-,15-,17+/m0/s1. The number of cyclic esters (lactones) is 1. The molecule has 98 valence electrons. The second-order valence-electron chi connectivity index (χ2n) is 6.29. The van der Waals surface area contributed by atoms with Crippen LogP contribution >= 0.6 is 0 Å². The van der Waals surface area contributed by atoms with Crippen molar-refractivity contribution in [2.45, 2.75) is 31.6 Å². The van der Waals surface area contributed by atoms with E-state index < -0.39 is 0 Å². The number of ether oxygens (including phenoxy) is 1. The van der Waals surface area contributed by atoms with E-state index in [1.54, 1.807) is 0 Å². The summed E-state index contributed by atoms with van der Waals surface area (Å²) in [5, 5.41) is 0. The summed E-state index contributed by atoms with van der Waals surface area (Å²) in [6.07, 6.45) is 5.41.